The molecule has 9 heteroatoms. The lowest BCUT2D eigenvalue weighted by Crippen LogP contribution is -2.56. The first-order valence-corrected chi connectivity index (χ1v) is 7.90. The molecule has 1 saturated heterocycles. The Hall–Kier alpha value is -1.58. The largest absolute Gasteiger partial charge is 0.480 e. The SMILES string of the molecule is COCC1(C(=O)O)CCCN1S(=O)(=O)c1cccc(F)c1F. The third-order valence-corrected chi connectivity index (χ3v) is 5.68. The Labute approximate surface area is 126 Å². The second kappa shape index (κ2) is 5.90. The molecule has 0 spiro atoms. The van der Waals surface area contributed by atoms with Gasteiger partial charge in [-0.25, -0.2) is 17.2 Å². The molecule has 22 heavy (non-hydrogen) atoms. The van der Waals surface area contributed by atoms with E-state index in [2.05, 4.69) is 0 Å². The zero-order chi connectivity index (χ0) is 16.5. The molecule has 0 saturated carbocycles. The molecule has 1 atom stereocenters. The Morgan fingerprint density at radius 1 is 1.45 bits per heavy atom. The van der Waals surface area contributed by atoms with Crippen LogP contribution >= 0.6 is 0 Å². The van der Waals surface area contributed by atoms with Gasteiger partial charge in [0.05, 0.1) is 6.61 Å². The molecule has 0 radical (unpaired) electrons. The summed E-state index contributed by atoms with van der Waals surface area (Å²) in [6.45, 7) is -0.480. The van der Waals surface area contributed by atoms with Gasteiger partial charge < -0.3 is 9.84 Å². The third-order valence-electron chi connectivity index (χ3n) is 3.69. The fraction of sp³-hybridized carbons (Fsp3) is 0.462. The minimum absolute atomic E-state index is 0.0341. The Bertz CT molecular complexity index is 694. The number of benzene rings is 1. The van der Waals surface area contributed by atoms with Crippen molar-refractivity contribution in [2.75, 3.05) is 20.3 Å². The maximum Gasteiger partial charge on any atom is 0.327 e. The van der Waals surface area contributed by atoms with E-state index in [4.69, 9.17) is 4.74 Å². The van der Waals surface area contributed by atoms with E-state index in [9.17, 15) is 27.1 Å². The minimum Gasteiger partial charge on any atom is -0.480 e. The number of carboxylic acids is 1. The van der Waals surface area contributed by atoms with Gasteiger partial charge in [0, 0.05) is 13.7 Å². The van der Waals surface area contributed by atoms with Gasteiger partial charge in [-0.2, -0.15) is 4.31 Å². The zero-order valence-electron chi connectivity index (χ0n) is 11.8. The molecular formula is C13H15F2NO5S. The van der Waals surface area contributed by atoms with Gasteiger partial charge in [-0.1, -0.05) is 6.07 Å². The van der Waals surface area contributed by atoms with Gasteiger partial charge in [0.1, 0.15) is 4.90 Å². The lowest BCUT2D eigenvalue weighted by Gasteiger charge is -2.33. The summed E-state index contributed by atoms with van der Waals surface area (Å²) < 4.78 is 57.9. The summed E-state index contributed by atoms with van der Waals surface area (Å²) in [7, 11) is -3.26. The summed E-state index contributed by atoms with van der Waals surface area (Å²) in [6.07, 6.45) is 0.318. The number of hydrogen-bond acceptors (Lipinski definition) is 4. The van der Waals surface area contributed by atoms with Gasteiger partial charge in [0.25, 0.3) is 0 Å². The Kier molecular flexibility index (Phi) is 4.50. The van der Waals surface area contributed by atoms with Crippen molar-refractivity contribution in [1.29, 1.82) is 0 Å². The highest BCUT2D eigenvalue weighted by Gasteiger charge is 2.54. The molecule has 0 aromatic heterocycles. The Balaban J connectivity index is 2.57. The molecule has 0 aliphatic carbocycles. The number of ether oxygens (including phenoxy) is 1. The van der Waals surface area contributed by atoms with Crippen LogP contribution in [0.25, 0.3) is 0 Å². The topological polar surface area (TPSA) is 83.9 Å². The average molecular weight is 335 g/mol. The predicted molar refractivity (Wildman–Crippen MR) is 71.7 cm³/mol. The van der Waals surface area contributed by atoms with Gasteiger partial charge in [-0.05, 0) is 25.0 Å². The smallest absolute Gasteiger partial charge is 0.327 e. The summed E-state index contributed by atoms with van der Waals surface area (Å²) in [5.41, 5.74) is -1.81. The monoisotopic (exact) mass is 335 g/mol. The quantitative estimate of drug-likeness (QED) is 0.875. The third kappa shape index (κ3) is 2.49. The number of rotatable bonds is 5. The Morgan fingerprint density at radius 3 is 2.73 bits per heavy atom. The number of carboxylic acid groups (broad SMARTS) is 1. The van der Waals surface area contributed by atoms with Crippen LogP contribution in [0.1, 0.15) is 12.8 Å². The maximum absolute atomic E-state index is 13.8. The summed E-state index contributed by atoms with van der Waals surface area (Å²) in [5, 5.41) is 9.45. The van der Waals surface area contributed by atoms with Crippen molar-refractivity contribution in [3.63, 3.8) is 0 Å². The number of carbonyl (C=O) groups is 1. The lowest BCUT2D eigenvalue weighted by atomic mass is 9.99. The summed E-state index contributed by atoms with van der Waals surface area (Å²) in [6, 6.07) is 2.75. The van der Waals surface area contributed by atoms with Crippen molar-refractivity contribution in [2.45, 2.75) is 23.3 Å². The van der Waals surface area contributed by atoms with Crippen LogP contribution in [-0.2, 0) is 19.6 Å². The van der Waals surface area contributed by atoms with E-state index in [1.165, 1.54) is 7.11 Å². The maximum atomic E-state index is 13.8. The molecule has 6 nitrogen and oxygen atoms in total. The van der Waals surface area contributed by atoms with E-state index in [1.54, 1.807) is 0 Å². The lowest BCUT2D eigenvalue weighted by molar-refractivity contribution is -0.150. The van der Waals surface area contributed by atoms with Gasteiger partial charge in [0.2, 0.25) is 10.0 Å². The molecule has 0 amide bonds. The van der Waals surface area contributed by atoms with Crippen LogP contribution in [0.15, 0.2) is 23.1 Å². The molecule has 1 heterocycles. The summed E-state index contributed by atoms with van der Waals surface area (Å²) in [4.78, 5) is 10.7. The van der Waals surface area contributed by atoms with Crippen LogP contribution in [0.3, 0.4) is 0 Å². The summed E-state index contributed by atoms with van der Waals surface area (Å²) in [5.74, 6) is -4.22. The van der Waals surface area contributed by atoms with Crippen molar-refractivity contribution in [3.8, 4) is 0 Å². The fourth-order valence-electron chi connectivity index (χ4n) is 2.66. The molecule has 122 valence electrons. The molecule has 1 aliphatic heterocycles. The van der Waals surface area contributed by atoms with E-state index in [0.29, 0.717) is 4.31 Å². The van der Waals surface area contributed by atoms with Crippen LogP contribution in [-0.4, -0.2) is 49.6 Å². The van der Waals surface area contributed by atoms with Gasteiger partial charge in [-0.15, -0.1) is 0 Å². The first kappa shape index (κ1) is 16.8. The minimum atomic E-state index is -4.51. The van der Waals surface area contributed by atoms with Crippen molar-refractivity contribution < 1.29 is 31.8 Å². The fourth-order valence-corrected chi connectivity index (χ4v) is 4.53. The zero-order valence-corrected chi connectivity index (χ0v) is 12.6. The number of halogens is 2. The van der Waals surface area contributed by atoms with E-state index < -0.39 is 38.1 Å². The number of hydrogen-bond donors (Lipinski definition) is 1. The highest BCUT2D eigenvalue weighted by Crippen LogP contribution is 2.36. The molecule has 0 bridgehead atoms. The van der Waals surface area contributed by atoms with Crippen LogP contribution in [0.2, 0.25) is 0 Å². The van der Waals surface area contributed by atoms with Crippen LogP contribution in [0.4, 0.5) is 8.78 Å². The van der Waals surface area contributed by atoms with Crippen molar-refractivity contribution in [3.05, 3.63) is 29.8 Å². The first-order valence-electron chi connectivity index (χ1n) is 6.46. The molecule has 1 N–H and O–H groups in total. The number of sulfonamides is 1. The molecule has 1 fully saturated rings. The second-order valence-electron chi connectivity index (χ2n) is 5.00. The highest BCUT2D eigenvalue weighted by molar-refractivity contribution is 7.89. The molecule has 1 aromatic carbocycles. The van der Waals surface area contributed by atoms with Gasteiger partial charge >= 0.3 is 5.97 Å². The summed E-state index contributed by atoms with van der Waals surface area (Å²) >= 11 is 0. The molecular weight excluding hydrogens is 320 g/mol. The number of aliphatic carboxylic acids is 1. The van der Waals surface area contributed by atoms with Gasteiger partial charge in [-0.3, -0.25) is 4.79 Å². The first-order chi connectivity index (χ1) is 10.3. The van der Waals surface area contributed by atoms with Gasteiger partial charge in [0.15, 0.2) is 17.2 Å². The van der Waals surface area contributed by atoms with Crippen LogP contribution in [0.5, 0.6) is 0 Å². The van der Waals surface area contributed by atoms with E-state index in [0.717, 1.165) is 18.2 Å². The Morgan fingerprint density at radius 2 is 2.14 bits per heavy atom. The van der Waals surface area contributed by atoms with E-state index in [1.807, 2.05) is 0 Å². The van der Waals surface area contributed by atoms with Crippen LogP contribution in [0, 0.1) is 11.6 Å². The molecule has 2 rings (SSSR count). The average Bonchev–Trinajstić information content (AvgIpc) is 2.88. The second-order valence-corrected chi connectivity index (χ2v) is 6.83. The molecule has 1 aromatic rings. The van der Waals surface area contributed by atoms with Crippen LogP contribution < -0.4 is 0 Å². The predicted octanol–water partition coefficient (Wildman–Crippen LogP) is 1.22. The van der Waals surface area contributed by atoms with E-state index >= 15 is 0 Å². The highest BCUT2D eigenvalue weighted by atomic mass is 32.2. The number of methoxy groups -OCH3 is 1. The molecule has 1 unspecified atom stereocenters. The standard InChI is InChI=1S/C13H15F2NO5S/c1-21-8-13(12(17)18)6-3-7-16(13)22(19,20)10-5-2-4-9(14)11(10)15/h2,4-5H,3,6-8H2,1H3,(H,17,18). The van der Waals surface area contributed by atoms with Crippen molar-refractivity contribution in [2.24, 2.45) is 0 Å². The van der Waals surface area contributed by atoms with Crippen molar-refractivity contribution >= 4 is 16.0 Å². The van der Waals surface area contributed by atoms with E-state index in [-0.39, 0.29) is 26.0 Å². The number of nitrogens with zero attached hydrogens (tertiary/aromatic N) is 1. The normalized spacial score (nSPS) is 22.9. The van der Waals surface area contributed by atoms with Crippen molar-refractivity contribution in [1.82, 2.24) is 4.31 Å². The molecule has 1 aliphatic rings.